The highest BCUT2D eigenvalue weighted by Crippen LogP contribution is 2.44. The molecule has 4 rings (SSSR count). The normalized spacial score (nSPS) is 23.2. The third-order valence-corrected chi connectivity index (χ3v) is 7.88. The van der Waals surface area contributed by atoms with Crippen molar-refractivity contribution in [2.45, 2.75) is 43.5 Å². The van der Waals surface area contributed by atoms with E-state index >= 15 is 0 Å². The van der Waals surface area contributed by atoms with Crippen LogP contribution in [0.4, 0.5) is 10.1 Å². The van der Waals surface area contributed by atoms with Crippen LogP contribution in [0.2, 0.25) is 0 Å². The van der Waals surface area contributed by atoms with Crippen molar-refractivity contribution in [3.05, 3.63) is 59.9 Å². The molecule has 1 amide bonds. The average Bonchev–Trinajstić information content (AvgIpc) is 3.30. The van der Waals surface area contributed by atoms with Crippen LogP contribution in [0.25, 0.3) is 0 Å². The van der Waals surface area contributed by atoms with E-state index in [0.717, 1.165) is 41.3 Å². The van der Waals surface area contributed by atoms with Gasteiger partial charge in [-0.05, 0) is 74.4 Å². The first-order valence-corrected chi connectivity index (χ1v) is 11.4. The fourth-order valence-corrected chi connectivity index (χ4v) is 5.99. The lowest BCUT2D eigenvalue weighted by molar-refractivity contribution is -0.120. The summed E-state index contributed by atoms with van der Waals surface area (Å²) in [7, 11) is -4.02. The molecule has 5 nitrogen and oxygen atoms in total. The Bertz CT molecular complexity index is 990. The summed E-state index contributed by atoms with van der Waals surface area (Å²) in [4.78, 5) is 12.7. The summed E-state index contributed by atoms with van der Waals surface area (Å²) in [6, 6.07) is 11.8. The van der Waals surface area contributed by atoms with E-state index in [4.69, 9.17) is 0 Å². The predicted octanol–water partition coefficient (Wildman–Crippen LogP) is 3.63. The highest BCUT2D eigenvalue weighted by Gasteiger charge is 2.40. The number of sulfonamides is 1. The number of nitrogens with one attached hydrogen (secondary N) is 1. The molecular formula is C22H25FN2O3S. The highest BCUT2D eigenvalue weighted by molar-refractivity contribution is 7.92. The lowest BCUT2D eigenvalue weighted by Gasteiger charge is -2.27. The SMILES string of the molecule is Cc1ccc(N(CC(=O)N[C@H]2C[C@H]3CC[C@H]2C3)S(=O)(=O)c2ccc(F)cc2)cc1. The maximum Gasteiger partial charge on any atom is 0.264 e. The monoisotopic (exact) mass is 416 g/mol. The third-order valence-electron chi connectivity index (χ3n) is 6.10. The van der Waals surface area contributed by atoms with Gasteiger partial charge in [0.2, 0.25) is 5.91 Å². The Balaban J connectivity index is 1.59. The first kappa shape index (κ1) is 19.9. The van der Waals surface area contributed by atoms with Gasteiger partial charge in [-0.2, -0.15) is 0 Å². The van der Waals surface area contributed by atoms with Crippen molar-refractivity contribution < 1.29 is 17.6 Å². The summed E-state index contributed by atoms with van der Waals surface area (Å²) in [5, 5.41) is 3.05. The van der Waals surface area contributed by atoms with Gasteiger partial charge in [0.05, 0.1) is 10.6 Å². The van der Waals surface area contributed by atoms with Crippen LogP contribution in [-0.4, -0.2) is 26.9 Å². The molecule has 2 fully saturated rings. The second-order valence-corrected chi connectivity index (χ2v) is 10.0. The zero-order chi connectivity index (χ0) is 20.6. The summed E-state index contributed by atoms with van der Waals surface area (Å²) < 4.78 is 40.9. The summed E-state index contributed by atoms with van der Waals surface area (Å²) in [6.45, 7) is 1.60. The minimum absolute atomic E-state index is 0.0489. The molecule has 0 aromatic heterocycles. The number of aryl methyl sites for hydroxylation is 1. The Morgan fingerprint density at radius 2 is 1.76 bits per heavy atom. The number of nitrogens with zero attached hydrogens (tertiary/aromatic N) is 1. The molecule has 0 heterocycles. The largest absolute Gasteiger partial charge is 0.352 e. The van der Waals surface area contributed by atoms with Crippen molar-refractivity contribution >= 4 is 21.6 Å². The number of hydrogen-bond acceptors (Lipinski definition) is 3. The fraction of sp³-hybridized carbons (Fsp3) is 0.409. The van der Waals surface area contributed by atoms with E-state index in [0.29, 0.717) is 17.5 Å². The van der Waals surface area contributed by atoms with Crippen molar-refractivity contribution in [2.75, 3.05) is 10.8 Å². The second-order valence-electron chi connectivity index (χ2n) is 8.15. The predicted molar refractivity (Wildman–Crippen MR) is 109 cm³/mol. The van der Waals surface area contributed by atoms with Gasteiger partial charge in [0.25, 0.3) is 10.0 Å². The Morgan fingerprint density at radius 1 is 1.07 bits per heavy atom. The first-order valence-electron chi connectivity index (χ1n) is 9.97. The topological polar surface area (TPSA) is 66.5 Å². The summed E-state index contributed by atoms with van der Waals surface area (Å²) in [5.74, 6) is 0.362. The molecule has 154 valence electrons. The van der Waals surface area contributed by atoms with Crippen LogP contribution in [0.1, 0.15) is 31.2 Å². The van der Waals surface area contributed by atoms with Gasteiger partial charge in [-0.25, -0.2) is 12.8 Å². The minimum atomic E-state index is -4.02. The Hall–Kier alpha value is -2.41. The van der Waals surface area contributed by atoms with Gasteiger partial charge in [-0.3, -0.25) is 9.10 Å². The number of carbonyl (C=O) groups is 1. The van der Waals surface area contributed by atoms with Crippen molar-refractivity contribution in [2.24, 2.45) is 11.8 Å². The van der Waals surface area contributed by atoms with E-state index in [2.05, 4.69) is 5.32 Å². The molecule has 3 atom stereocenters. The van der Waals surface area contributed by atoms with Gasteiger partial charge in [-0.15, -0.1) is 0 Å². The number of hydrogen-bond donors (Lipinski definition) is 1. The molecule has 0 saturated heterocycles. The quantitative estimate of drug-likeness (QED) is 0.782. The number of fused-ring (bicyclic) bond motifs is 2. The molecule has 2 aliphatic rings. The van der Waals surface area contributed by atoms with Gasteiger partial charge in [0.1, 0.15) is 12.4 Å². The van der Waals surface area contributed by atoms with E-state index in [9.17, 15) is 17.6 Å². The molecule has 0 unspecified atom stereocenters. The van der Waals surface area contributed by atoms with E-state index in [-0.39, 0.29) is 23.4 Å². The molecule has 1 N–H and O–H groups in total. The van der Waals surface area contributed by atoms with Crippen LogP contribution < -0.4 is 9.62 Å². The molecule has 2 aromatic rings. The Kier molecular flexibility index (Phi) is 5.34. The number of benzene rings is 2. The van der Waals surface area contributed by atoms with Gasteiger partial charge in [0, 0.05) is 6.04 Å². The lowest BCUT2D eigenvalue weighted by atomic mass is 9.95. The Morgan fingerprint density at radius 3 is 2.34 bits per heavy atom. The first-order chi connectivity index (χ1) is 13.8. The van der Waals surface area contributed by atoms with E-state index in [1.165, 1.54) is 18.6 Å². The van der Waals surface area contributed by atoms with E-state index in [1.54, 1.807) is 24.3 Å². The molecule has 2 saturated carbocycles. The molecular weight excluding hydrogens is 391 g/mol. The lowest BCUT2D eigenvalue weighted by Crippen LogP contribution is -2.46. The van der Waals surface area contributed by atoms with Gasteiger partial charge < -0.3 is 5.32 Å². The van der Waals surface area contributed by atoms with Gasteiger partial charge in [0.15, 0.2) is 0 Å². The molecule has 0 radical (unpaired) electrons. The standard InChI is InChI=1S/C22H25FN2O3S/c1-15-2-8-19(9-3-15)25(29(27,28)20-10-6-18(23)7-11-20)14-22(26)24-21-13-16-4-5-17(21)12-16/h2-3,6-11,16-17,21H,4-5,12-14H2,1H3,(H,24,26)/t16-,17-,21-/m0/s1. The number of amides is 1. The summed E-state index contributed by atoms with van der Waals surface area (Å²) in [5.41, 5.74) is 1.39. The van der Waals surface area contributed by atoms with Crippen LogP contribution in [0.15, 0.2) is 53.4 Å². The molecule has 2 aromatic carbocycles. The molecule has 29 heavy (non-hydrogen) atoms. The molecule has 7 heteroatoms. The van der Waals surface area contributed by atoms with Crippen molar-refractivity contribution in [3.63, 3.8) is 0 Å². The van der Waals surface area contributed by atoms with Crippen LogP contribution in [0, 0.1) is 24.6 Å². The smallest absolute Gasteiger partial charge is 0.264 e. The average molecular weight is 417 g/mol. The van der Waals surface area contributed by atoms with Crippen LogP contribution in [0.5, 0.6) is 0 Å². The maximum atomic E-state index is 13.3. The fourth-order valence-electron chi connectivity index (χ4n) is 4.56. The van der Waals surface area contributed by atoms with E-state index < -0.39 is 15.8 Å². The number of anilines is 1. The maximum absolute atomic E-state index is 13.3. The highest BCUT2D eigenvalue weighted by atomic mass is 32.2. The third kappa shape index (κ3) is 4.15. The minimum Gasteiger partial charge on any atom is -0.352 e. The Labute approximate surface area is 171 Å². The molecule has 0 spiro atoms. The number of halogens is 1. The second kappa shape index (κ2) is 7.78. The van der Waals surface area contributed by atoms with E-state index in [1.807, 2.05) is 6.92 Å². The van der Waals surface area contributed by atoms with Crippen LogP contribution in [0.3, 0.4) is 0 Å². The number of carbonyl (C=O) groups excluding carboxylic acids is 1. The zero-order valence-electron chi connectivity index (χ0n) is 16.3. The van der Waals surface area contributed by atoms with Crippen molar-refractivity contribution in [1.82, 2.24) is 5.32 Å². The zero-order valence-corrected chi connectivity index (χ0v) is 17.2. The molecule has 2 bridgehead atoms. The van der Waals surface area contributed by atoms with Crippen molar-refractivity contribution in [3.8, 4) is 0 Å². The van der Waals surface area contributed by atoms with Gasteiger partial charge >= 0.3 is 0 Å². The van der Waals surface area contributed by atoms with Crippen LogP contribution >= 0.6 is 0 Å². The number of rotatable bonds is 6. The van der Waals surface area contributed by atoms with Crippen molar-refractivity contribution in [1.29, 1.82) is 0 Å². The summed E-state index contributed by atoms with van der Waals surface area (Å²) in [6.07, 6.45) is 4.49. The summed E-state index contributed by atoms with van der Waals surface area (Å²) >= 11 is 0. The molecule has 0 aliphatic heterocycles. The van der Waals surface area contributed by atoms with Gasteiger partial charge in [-0.1, -0.05) is 24.1 Å². The van der Waals surface area contributed by atoms with Crippen LogP contribution in [-0.2, 0) is 14.8 Å². The molecule has 2 aliphatic carbocycles.